The highest BCUT2D eigenvalue weighted by atomic mass is 35.5. The van der Waals surface area contributed by atoms with Crippen LogP contribution in [0.3, 0.4) is 0 Å². The van der Waals surface area contributed by atoms with Gasteiger partial charge in [0.2, 0.25) is 6.33 Å². The molecule has 0 aromatic carbocycles. The topological polar surface area (TPSA) is 78.7 Å². The van der Waals surface area contributed by atoms with Crippen molar-refractivity contribution in [1.29, 1.82) is 0 Å². The van der Waals surface area contributed by atoms with Crippen LogP contribution in [-0.2, 0) is 27.1 Å². The summed E-state index contributed by atoms with van der Waals surface area (Å²) in [6.45, 7) is 0.849. The maximum Gasteiger partial charge on any atom is 0.243 e. The second-order valence-electron chi connectivity index (χ2n) is 3.94. The van der Waals surface area contributed by atoms with E-state index in [1.165, 1.54) is 0 Å². The minimum atomic E-state index is 0. The Morgan fingerprint density at radius 1 is 1.41 bits per heavy atom. The second kappa shape index (κ2) is 5.09. The largest absolute Gasteiger partial charge is 1.00 e. The summed E-state index contributed by atoms with van der Waals surface area (Å²) in [5, 5.41) is 4.28. The number of anilines is 2. The number of nitrogens with zero attached hydrogens (tertiary/aromatic N) is 4. The predicted octanol–water partition coefficient (Wildman–Crippen LogP) is -3.54. The molecule has 0 aliphatic carbocycles. The number of hydrogen-bond donors (Lipinski definition) is 2. The molecule has 0 bridgehead atoms. The molecule has 6 nitrogen and oxygen atoms in total. The SMILES string of the molecule is Cn1nc(CCn2cc[n+](C)c2)c(N)c1N.[Cl-]. The molecule has 0 amide bonds. The number of aromatic nitrogens is 4. The van der Waals surface area contributed by atoms with E-state index in [9.17, 15) is 0 Å². The zero-order valence-corrected chi connectivity index (χ0v) is 10.7. The molecule has 94 valence electrons. The molecule has 0 unspecified atom stereocenters. The van der Waals surface area contributed by atoms with Crippen molar-refractivity contribution in [2.24, 2.45) is 14.1 Å². The van der Waals surface area contributed by atoms with Crippen LogP contribution in [-0.4, -0.2) is 14.3 Å². The van der Waals surface area contributed by atoms with Gasteiger partial charge in [-0.25, -0.2) is 9.13 Å². The average Bonchev–Trinajstić information content (AvgIpc) is 2.76. The highest BCUT2D eigenvalue weighted by Gasteiger charge is 2.11. The fourth-order valence-corrected chi connectivity index (χ4v) is 1.66. The van der Waals surface area contributed by atoms with Gasteiger partial charge < -0.3 is 23.9 Å². The predicted molar refractivity (Wildman–Crippen MR) is 61.3 cm³/mol. The monoisotopic (exact) mass is 256 g/mol. The van der Waals surface area contributed by atoms with Crippen LogP contribution in [0.25, 0.3) is 0 Å². The summed E-state index contributed by atoms with van der Waals surface area (Å²) < 4.78 is 5.70. The summed E-state index contributed by atoms with van der Waals surface area (Å²) in [7, 11) is 3.79. The number of aryl methyl sites for hydroxylation is 4. The summed E-state index contributed by atoms with van der Waals surface area (Å²) >= 11 is 0. The Morgan fingerprint density at radius 2 is 2.12 bits per heavy atom. The van der Waals surface area contributed by atoms with Gasteiger partial charge in [0.25, 0.3) is 0 Å². The molecule has 2 aromatic rings. The van der Waals surface area contributed by atoms with E-state index in [0.29, 0.717) is 11.5 Å². The lowest BCUT2D eigenvalue weighted by Gasteiger charge is -1.95. The first kappa shape index (κ1) is 13.4. The molecule has 0 atom stereocenters. The maximum absolute atomic E-state index is 5.85. The van der Waals surface area contributed by atoms with Gasteiger partial charge in [0.15, 0.2) is 0 Å². The van der Waals surface area contributed by atoms with Crippen molar-refractivity contribution in [1.82, 2.24) is 14.3 Å². The molecule has 0 aliphatic heterocycles. The van der Waals surface area contributed by atoms with Gasteiger partial charge in [0, 0.05) is 13.5 Å². The molecule has 2 heterocycles. The Hall–Kier alpha value is -1.69. The van der Waals surface area contributed by atoms with E-state index in [1.54, 1.807) is 11.7 Å². The van der Waals surface area contributed by atoms with Crippen LogP contribution in [0.1, 0.15) is 5.69 Å². The molecule has 0 radical (unpaired) electrons. The third-order valence-corrected chi connectivity index (χ3v) is 2.64. The summed E-state index contributed by atoms with van der Waals surface area (Å²) in [4.78, 5) is 0. The number of nitrogen functional groups attached to an aromatic ring is 2. The van der Waals surface area contributed by atoms with Crippen LogP contribution < -0.4 is 28.4 Å². The van der Waals surface area contributed by atoms with E-state index in [-0.39, 0.29) is 12.4 Å². The molecule has 0 saturated carbocycles. The quantitative estimate of drug-likeness (QED) is 0.559. The molecule has 0 spiro atoms. The number of rotatable bonds is 3. The molecule has 4 N–H and O–H groups in total. The van der Waals surface area contributed by atoms with Crippen molar-refractivity contribution >= 4 is 11.5 Å². The Balaban J connectivity index is 0.00000144. The van der Waals surface area contributed by atoms with Gasteiger partial charge in [-0.1, -0.05) is 0 Å². The molecule has 0 saturated heterocycles. The van der Waals surface area contributed by atoms with Crippen molar-refractivity contribution in [3.63, 3.8) is 0 Å². The van der Waals surface area contributed by atoms with E-state index >= 15 is 0 Å². The summed E-state index contributed by atoms with van der Waals surface area (Å²) in [6.07, 6.45) is 6.81. The van der Waals surface area contributed by atoms with Gasteiger partial charge in [0.05, 0.1) is 25.0 Å². The minimum absolute atomic E-state index is 0. The molecule has 17 heavy (non-hydrogen) atoms. The normalized spacial score (nSPS) is 10.2. The lowest BCUT2D eigenvalue weighted by atomic mass is 10.2. The fourth-order valence-electron chi connectivity index (χ4n) is 1.66. The van der Waals surface area contributed by atoms with Crippen LogP contribution in [0, 0.1) is 0 Å². The summed E-state index contributed by atoms with van der Waals surface area (Å²) in [6, 6.07) is 0. The highest BCUT2D eigenvalue weighted by Crippen LogP contribution is 2.18. The van der Waals surface area contributed by atoms with Crippen molar-refractivity contribution in [2.45, 2.75) is 13.0 Å². The minimum Gasteiger partial charge on any atom is -1.00 e. The number of halogens is 1. The average molecular weight is 257 g/mol. The molecule has 0 fully saturated rings. The Labute approximate surface area is 106 Å². The third-order valence-electron chi connectivity index (χ3n) is 2.64. The van der Waals surface area contributed by atoms with Gasteiger partial charge in [-0.2, -0.15) is 5.10 Å². The molecule has 0 aliphatic rings. The Morgan fingerprint density at radius 3 is 2.59 bits per heavy atom. The lowest BCUT2D eigenvalue weighted by Crippen LogP contribution is -3.00. The van der Waals surface area contributed by atoms with Gasteiger partial charge in [-0.15, -0.1) is 0 Å². The lowest BCUT2D eigenvalue weighted by molar-refractivity contribution is -0.671. The van der Waals surface area contributed by atoms with Gasteiger partial charge in [0.1, 0.15) is 18.2 Å². The van der Waals surface area contributed by atoms with Crippen LogP contribution >= 0.6 is 0 Å². The van der Waals surface area contributed by atoms with Gasteiger partial charge in [-0.3, -0.25) is 4.68 Å². The Bertz CT molecular complexity index is 501. The van der Waals surface area contributed by atoms with E-state index in [2.05, 4.69) is 9.67 Å². The fraction of sp³-hybridized carbons (Fsp3) is 0.400. The standard InChI is InChI=1S/C10H17N6.ClH/c1-14-5-6-16(7-14)4-3-8-9(11)10(12)15(2)13-8;/h5-7H,3-4,11-12H2,1-2H3;1H/q+1;/p-1. The van der Waals surface area contributed by atoms with Gasteiger partial charge in [-0.05, 0) is 0 Å². The first-order valence-electron chi connectivity index (χ1n) is 5.15. The van der Waals surface area contributed by atoms with Crippen molar-refractivity contribution in [3.05, 3.63) is 24.4 Å². The van der Waals surface area contributed by atoms with Crippen LogP contribution in [0.2, 0.25) is 0 Å². The van der Waals surface area contributed by atoms with Crippen LogP contribution in [0.5, 0.6) is 0 Å². The first-order chi connectivity index (χ1) is 7.58. The third kappa shape index (κ3) is 2.71. The number of nitrogens with two attached hydrogens (primary N) is 2. The molecular weight excluding hydrogens is 240 g/mol. The van der Waals surface area contributed by atoms with E-state index in [1.807, 2.05) is 30.3 Å². The van der Waals surface area contributed by atoms with Crippen LogP contribution in [0.15, 0.2) is 18.7 Å². The summed E-state index contributed by atoms with van der Waals surface area (Å²) in [5.74, 6) is 0.535. The number of imidazole rings is 1. The first-order valence-corrected chi connectivity index (χ1v) is 5.15. The Kier molecular flexibility index (Phi) is 4.01. The van der Waals surface area contributed by atoms with E-state index in [0.717, 1.165) is 18.7 Å². The smallest absolute Gasteiger partial charge is 0.243 e. The molecular formula is C10H17ClN6. The van der Waals surface area contributed by atoms with Gasteiger partial charge >= 0.3 is 0 Å². The van der Waals surface area contributed by atoms with Crippen LogP contribution in [0.4, 0.5) is 11.5 Å². The van der Waals surface area contributed by atoms with Crippen molar-refractivity contribution in [2.75, 3.05) is 11.5 Å². The highest BCUT2D eigenvalue weighted by molar-refractivity contribution is 5.61. The zero-order valence-electron chi connectivity index (χ0n) is 9.97. The number of hydrogen-bond acceptors (Lipinski definition) is 3. The molecule has 2 rings (SSSR count). The molecule has 2 aromatic heterocycles. The second-order valence-corrected chi connectivity index (χ2v) is 3.94. The van der Waals surface area contributed by atoms with Crippen molar-refractivity contribution < 1.29 is 17.0 Å². The van der Waals surface area contributed by atoms with Crippen molar-refractivity contribution in [3.8, 4) is 0 Å². The zero-order chi connectivity index (χ0) is 11.7. The molecule has 7 heteroatoms. The maximum atomic E-state index is 5.85. The van der Waals surface area contributed by atoms with E-state index < -0.39 is 0 Å². The van der Waals surface area contributed by atoms with E-state index in [4.69, 9.17) is 11.5 Å². The summed E-state index contributed by atoms with van der Waals surface area (Å²) in [5.41, 5.74) is 13.0.